The number of halogens is 1. The molecule has 2 aromatic carbocycles. The zero-order valence-corrected chi connectivity index (χ0v) is 19.8. The Morgan fingerprint density at radius 1 is 1.18 bits per heavy atom. The number of hydrogen-bond donors (Lipinski definition) is 1. The monoisotopic (exact) mass is 477 g/mol. The topological polar surface area (TPSA) is 75.3 Å². The van der Waals surface area contributed by atoms with Crippen LogP contribution in [0.25, 0.3) is 27.1 Å². The van der Waals surface area contributed by atoms with Gasteiger partial charge in [0.2, 0.25) is 5.91 Å². The van der Waals surface area contributed by atoms with Crippen LogP contribution in [0, 0.1) is 0 Å². The maximum absolute atomic E-state index is 13.0. The summed E-state index contributed by atoms with van der Waals surface area (Å²) in [5.74, 6) is 0.616. The molecule has 8 heteroatoms. The lowest BCUT2D eigenvalue weighted by Gasteiger charge is -2.38. The smallest absolute Gasteiger partial charge is 0.239 e. The molecule has 2 N–H and O–H groups in total. The Bertz CT molecular complexity index is 1370. The van der Waals surface area contributed by atoms with Crippen LogP contribution in [0.1, 0.15) is 17.4 Å². The minimum atomic E-state index is -0.164. The molecule has 1 atom stereocenters. The van der Waals surface area contributed by atoms with Crippen LogP contribution in [0.3, 0.4) is 0 Å². The Labute approximate surface area is 201 Å². The predicted molar refractivity (Wildman–Crippen MR) is 136 cm³/mol. The first kappa shape index (κ1) is 21.8. The van der Waals surface area contributed by atoms with E-state index in [9.17, 15) is 4.79 Å². The number of hydrogen-bond acceptors (Lipinski definition) is 6. The van der Waals surface area contributed by atoms with Gasteiger partial charge in [0.15, 0.2) is 0 Å². The number of benzene rings is 2. The number of thiophene rings is 1. The lowest BCUT2D eigenvalue weighted by atomic mass is 10.1. The van der Waals surface area contributed by atoms with Crippen LogP contribution in [0.15, 0.2) is 54.9 Å². The fourth-order valence-corrected chi connectivity index (χ4v) is 5.51. The zero-order valence-electron chi connectivity index (χ0n) is 18.2. The van der Waals surface area contributed by atoms with E-state index in [2.05, 4.69) is 33.1 Å². The number of amides is 1. The number of nitrogens with zero attached hydrogens (tertiary/aromatic N) is 4. The van der Waals surface area contributed by atoms with E-state index in [1.807, 2.05) is 48.2 Å². The van der Waals surface area contributed by atoms with Crippen molar-refractivity contribution in [2.45, 2.75) is 19.5 Å². The van der Waals surface area contributed by atoms with Crippen molar-refractivity contribution in [1.29, 1.82) is 0 Å². The van der Waals surface area contributed by atoms with E-state index in [1.165, 1.54) is 21.3 Å². The van der Waals surface area contributed by atoms with Crippen molar-refractivity contribution < 1.29 is 4.79 Å². The van der Waals surface area contributed by atoms with E-state index in [1.54, 1.807) is 11.3 Å². The first-order valence-electron chi connectivity index (χ1n) is 10.9. The van der Waals surface area contributed by atoms with Gasteiger partial charge in [0, 0.05) is 46.2 Å². The predicted octanol–water partition coefficient (Wildman–Crippen LogP) is 4.83. The van der Waals surface area contributed by atoms with Gasteiger partial charge in [-0.25, -0.2) is 9.97 Å². The maximum Gasteiger partial charge on any atom is 0.239 e. The van der Waals surface area contributed by atoms with Gasteiger partial charge in [-0.2, -0.15) is 0 Å². The van der Waals surface area contributed by atoms with Crippen molar-refractivity contribution in [3.05, 3.63) is 70.3 Å². The van der Waals surface area contributed by atoms with Crippen LogP contribution in [-0.4, -0.2) is 51.4 Å². The molecule has 1 aliphatic heterocycles. The highest BCUT2D eigenvalue weighted by molar-refractivity contribution is 7.19. The number of carbonyl (C=O) groups is 1. The standard InChI is InChI=1S/C25H24ClN5OS/c1-16-25(32)31(14-17-4-7-21-22(11-17)28-15-29-24(21)27)10-9-30(16)8-2-3-20-12-18-5-6-19(26)13-23(18)33-20/h2-7,11-13,15-16H,8-10,14H2,1H3,(H2,27,28,29)/b3-2+. The molecule has 1 amide bonds. The third-order valence-electron chi connectivity index (χ3n) is 6.10. The van der Waals surface area contributed by atoms with Crippen LogP contribution >= 0.6 is 22.9 Å². The normalized spacial score (nSPS) is 17.6. The van der Waals surface area contributed by atoms with E-state index in [4.69, 9.17) is 17.3 Å². The van der Waals surface area contributed by atoms with Gasteiger partial charge in [0.25, 0.3) is 0 Å². The van der Waals surface area contributed by atoms with Crippen molar-refractivity contribution in [2.24, 2.45) is 0 Å². The molecule has 2 aromatic heterocycles. The molecule has 0 bridgehead atoms. The van der Waals surface area contributed by atoms with Gasteiger partial charge in [0.1, 0.15) is 12.1 Å². The summed E-state index contributed by atoms with van der Waals surface area (Å²) in [5.41, 5.74) is 7.76. The molecule has 1 fully saturated rings. The molecule has 5 rings (SSSR count). The summed E-state index contributed by atoms with van der Waals surface area (Å²) < 4.78 is 1.18. The van der Waals surface area contributed by atoms with E-state index in [0.717, 1.165) is 34.6 Å². The van der Waals surface area contributed by atoms with Crippen LogP contribution in [0.4, 0.5) is 5.82 Å². The molecule has 4 aromatic rings. The quantitative estimate of drug-likeness (QED) is 0.445. The fourth-order valence-electron chi connectivity index (χ4n) is 4.23. The number of anilines is 1. The minimum Gasteiger partial charge on any atom is -0.383 e. The molecule has 1 unspecified atom stereocenters. The SMILES string of the molecule is CC1C(=O)N(Cc2ccc3c(N)ncnc3c2)CCN1C/C=C/c1cc2ccc(Cl)cc2s1. The summed E-state index contributed by atoms with van der Waals surface area (Å²) in [7, 11) is 0. The van der Waals surface area contributed by atoms with Crippen molar-refractivity contribution in [2.75, 3.05) is 25.4 Å². The molecule has 3 heterocycles. The number of aromatic nitrogens is 2. The molecular weight excluding hydrogens is 454 g/mol. The summed E-state index contributed by atoms with van der Waals surface area (Å²) in [6.07, 6.45) is 5.74. The van der Waals surface area contributed by atoms with Crippen LogP contribution in [0.5, 0.6) is 0 Å². The summed E-state index contributed by atoms with van der Waals surface area (Å²) in [4.78, 5) is 26.7. The zero-order chi connectivity index (χ0) is 22.9. The molecule has 0 radical (unpaired) electrons. The van der Waals surface area contributed by atoms with Gasteiger partial charge in [-0.15, -0.1) is 11.3 Å². The van der Waals surface area contributed by atoms with Crippen LogP contribution < -0.4 is 5.73 Å². The molecule has 1 saturated heterocycles. The van der Waals surface area contributed by atoms with Gasteiger partial charge in [-0.05, 0) is 54.3 Å². The van der Waals surface area contributed by atoms with Crippen LogP contribution in [-0.2, 0) is 11.3 Å². The first-order valence-corrected chi connectivity index (χ1v) is 12.0. The largest absolute Gasteiger partial charge is 0.383 e. The third-order valence-corrected chi connectivity index (χ3v) is 7.40. The maximum atomic E-state index is 13.0. The number of fused-ring (bicyclic) bond motifs is 2. The first-order chi connectivity index (χ1) is 16.0. The number of nitrogens with two attached hydrogens (primary N) is 1. The highest BCUT2D eigenvalue weighted by Crippen LogP contribution is 2.29. The van der Waals surface area contributed by atoms with Gasteiger partial charge in [-0.1, -0.05) is 29.8 Å². The highest BCUT2D eigenvalue weighted by atomic mass is 35.5. The molecule has 0 spiro atoms. The van der Waals surface area contributed by atoms with Crippen molar-refractivity contribution in [3.8, 4) is 0 Å². The second-order valence-electron chi connectivity index (χ2n) is 8.27. The summed E-state index contributed by atoms with van der Waals surface area (Å²) >= 11 is 7.81. The Balaban J connectivity index is 1.21. The summed E-state index contributed by atoms with van der Waals surface area (Å²) in [6, 6.07) is 13.9. The molecule has 168 valence electrons. The van der Waals surface area contributed by atoms with Crippen molar-refractivity contribution in [1.82, 2.24) is 19.8 Å². The summed E-state index contributed by atoms with van der Waals surface area (Å²) in [6.45, 7) is 4.82. The van der Waals surface area contributed by atoms with Gasteiger partial charge in [0.05, 0.1) is 11.6 Å². The van der Waals surface area contributed by atoms with Crippen molar-refractivity contribution >= 4 is 61.7 Å². The van der Waals surface area contributed by atoms with E-state index in [0.29, 0.717) is 18.9 Å². The Hall–Kier alpha value is -3.00. The van der Waals surface area contributed by atoms with E-state index >= 15 is 0 Å². The fraction of sp³-hybridized carbons (Fsp3) is 0.240. The lowest BCUT2D eigenvalue weighted by Crippen LogP contribution is -2.55. The Morgan fingerprint density at radius 2 is 2.06 bits per heavy atom. The number of rotatable bonds is 5. The van der Waals surface area contributed by atoms with Crippen LogP contribution in [0.2, 0.25) is 5.02 Å². The number of carbonyl (C=O) groups excluding carboxylic acids is 1. The second-order valence-corrected chi connectivity index (χ2v) is 9.83. The van der Waals surface area contributed by atoms with Gasteiger partial charge in [-0.3, -0.25) is 9.69 Å². The van der Waals surface area contributed by atoms with Gasteiger partial charge >= 0.3 is 0 Å². The number of piperazine rings is 1. The summed E-state index contributed by atoms with van der Waals surface area (Å²) in [5, 5.41) is 2.79. The van der Waals surface area contributed by atoms with Crippen molar-refractivity contribution in [3.63, 3.8) is 0 Å². The third kappa shape index (κ3) is 4.57. The second kappa shape index (κ2) is 9.09. The lowest BCUT2D eigenvalue weighted by molar-refractivity contribution is -0.141. The molecule has 0 aliphatic carbocycles. The van der Waals surface area contributed by atoms with Gasteiger partial charge < -0.3 is 10.6 Å². The van der Waals surface area contributed by atoms with E-state index < -0.39 is 0 Å². The average Bonchev–Trinajstić information content (AvgIpc) is 3.20. The average molecular weight is 478 g/mol. The minimum absolute atomic E-state index is 0.147. The Morgan fingerprint density at radius 3 is 2.94 bits per heavy atom. The molecule has 0 saturated carbocycles. The van der Waals surface area contributed by atoms with E-state index in [-0.39, 0.29) is 11.9 Å². The molecule has 6 nitrogen and oxygen atoms in total. The highest BCUT2D eigenvalue weighted by Gasteiger charge is 2.30. The molecule has 33 heavy (non-hydrogen) atoms. The molecular formula is C25H24ClN5OS. The molecule has 1 aliphatic rings. The number of nitrogen functional groups attached to an aromatic ring is 1. The Kier molecular flexibility index (Phi) is 6.01.